The number of fused-ring (bicyclic) bond motifs is 2. The summed E-state index contributed by atoms with van der Waals surface area (Å²) >= 11 is 0. The van der Waals surface area contributed by atoms with Gasteiger partial charge >= 0.3 is 0 Å². The van der Waals surface area contributed by atoms with Crippen molar-refractivity contribution in [3.63, 3.8) is 0 Å². The number of hydrogen-bond donors (Lipinski definition) is 1. The molecule has 1 saturated carbocycles. The van der Waals surface area contributed by atoms with Crippen LogP contribution in [0.5, 0.6) is 5.75 Å². The van der Waals surface area contributed by atoms with Crippen molar-refractivity contribution in [1.29, 1.82) is 0 Å². The van der Waals surface area contributed by atoms with E-state index >= 15 is 0 Å². The van der Waals surface area contributed by atoms with E-state index in [0.29, 0.717) is 10.8 Å². The largest absolute Gasteiger partial charge is 0.495 e. The molecule has 23 heavy (non-hydrogen) atoms. The fraction of sp³-hybridized carbons (Fsp3) is 0.700. The van der Waals surface area contributed by atoms with E-state index in [1.807, 2.05) is 6.07 Å². The number of ether oxygens (including phenoxy) is 1. The molecule has 1 saturated heterocycles. The predicted octanol–water partition coefficient (Wildman–Crippen LogP) is 4.11. The SMILES string of the molecule is COc1ccc(CCCN2CC3(C)CC2CC(C)(C)C3)cc1N. The quantitative estimate of drug-likeness (QED) is 0.831. The third-order valence-electron chi connectivity index (χ3n) is 5.73. The highest BCUT2D eigenvalue weighted by Gasteiger charge is 2.49. The smallest absolute Gasteiger partial charge is 0.141 e. The summed E-state index contributed by atoms with van der Waals surface area (Å²) < 4.78 is 5.23. The Balaban J connectivity index is 1.54. The van der Waals surface area contributed by atoms with Crippen molar-refractivity contribution in [3.05, 3.63) is 23.8 Å². The van der Waals surface area contributed by atoms with Crippen LogP contribution in [0.1, 0.15) is 52.0 Å². The molecule has 128 valence electrons. The fourth-order valence-corrected chi connectivity index (χ4v) is 5.26. The van der Waals surface area contributed by atoms with E-state index in [1.54, 1.807) is 7.11 Å². The number of benzene rings is 1. The molecule has 0 aromatic heterocycles. The third-order valence-corrected chi connectivity index (χ3v) is 5.73. The van der Waals surface area contributed by atoms with Gasteiger partial charge in [-0.25, -0.2) is 0 Å². The maximum absolute atomic E-state index is 6.01. The van der Waals surface area contributed by atoms with Crippen molar-refractivity contribution in [2.75, 3.05) is 25.9 Å². The van der Waals surface area contributed by atoms with Gasteiger partial charge in [0.05, 0.1) is 12.8 Å². The summed E-state index contributed by atoms with van der Waals surface area (Å²) in [5, 5.41) is 0. The number of nitrogens with two attached hydrogens (primary N) is 1. The molecular formula is C20H32N2O. The van der Waals surface area contributed by atoms with E-state index in [9.17, 15) is 0 Å². The van der Waals surface area contributed by atoms with Gasteiger partial charge < -0.3 is 10.5 Å². The normalized spacial score (nSPS) is 29.7. The first-order valence-corrected chi connectivity index (χ1v) is 8.97. The van der Waals surface area contributed by atoms with E-state index in [1.165, 1.54) is 44.3 Å². The lowest BCUT2D eigenvalue weighted by Gasteiger charge is -2.40. The molecule has 1 aromatic carbocycles. The second-order valence-electron chi connectivity index (χ2n) is 8.86. The molecule has 2 bridgehead atoms. The fourth-order valence-electron chi connectivity index (χ4n) is 5.26. The van der Waals surface area contributed by atoms with Gasteiger partial charge in [0.1, 0.15) is 5.75 Å². The molecular weight excluding hydrogens is 284 g/mol. The Kier molecular flexibility index (Phi) is 4.35. The highest BCUT2D eigenvalue weighted by Crippen LogP contribution is 2.52. The number of methoxy groups -OCH3 is 1. The summed E-state index contributed by atoms with van der Waals surface area (Å²) in [4.78, 5) is 2.75. The number of aryl methyl sites for hydroxylation is 1. The van der Waals surface area contributed by atoms with Crippen molar-refractivity contribution >= 4 is 5.69 Å². The van der Waals surface area contributed by atoms with Gasteiger partial charge in [0.25, 0.3) is 0 Å². The molecule has 2 aliphatic rings. The summed E-state index contributed by atoms with van der Waals surface area (Å²) in [6, 6.07) is 6.98. The number of rotatable bonds is 5. The van der Waals surface area contributed by atoms with Crippen LogP contribution in [0.25, 0.3) is 0 Å². The van der Waals surface area contributed by atoms with Crippen molar-refractivity contribution in [2.24, 2.45) is 10.8 Å². The molecule has 0 radical (unpaired) electrons. The monoisotopic (exact) mass is 316 g/mol. The van der Waals surface area contributed by atoms with Crippen LogP contribution in [0.3, 0.4) is 0 Å². The van der Waals surface area contributed by atoms with E-state index in [4.69, 9.17) is 10.5 Å². The van der Waals surface area contributed by atoms with Gasteiger partial charge in [0.15, 0.2) is 0 Å². The lowest BCUT2D eigenvalue weighted by Crippen LogP contribution is -2.35. The summed E-state index contributed by atoms with van der Waals surface area (Å²) in [7, 11) is 1.67. The second kappa shape index (κ2) is 6.01. The minimum absolute atomic E-state index is 0.511. The van der Waals surface area contributed by atoms with Gasteiger partial charge in [-0.3, -0.25) is 4.90 Å². The minimum Gasteiger partial charge on any atom is -0.495 e. The summed E-state index contributed by atoms with van der Waals surface area (Å²) in [6.07, 6.45) is 6.43. The zero-order valence-corrected chi connectivity index (χ0v) is 15.2. The highest BCUT2D eigenvalue weighted by molar-refractivity contribution is 5.54. The van der Waals surface area contributed by atoms with Crippen LogP contribution < -0.4 is 10.5 Å². The van der Waals surface area contributed by atoms with Crippen LogP contribution in [0.4, 0.5) is 5.69 Å². The average Bonchev–Trinajstić information content (AvgIpc) is 2.68. The summed E-state index contributed by atoms with van der Waals surface area (Å²) in [5.41, 5.74) is 9.12. The second-order valence-corrected chi connectivity index (χ2v) is 8.86. The Hall–Kier alpha value is -1.22. The Morgan fingerprint density at radius 3 is 2.74 bits per heavy atom. The van der Waals surface area contributed by atoms with E-state index in [-0.39, 0.29) is 0 Å². The average molecular weight is 316 g/mol. The molecule has 2 N–H and O–H groups in total. The van der Waals surface area contributed by atoms with Crippen LogP contribution in [0, 0.1) is 10.8 Å². The zero-order valence-electron chi connectivity index (χ0n) is 15.2. The lowest BCUT2D eigenvalue weighted by atomic mass is 9.65. The molecule has 0 amide bonds. The van der Waals surface area contributed by atoms with Gasteiger partial charge in [-0.1, -0.05) is 26.8 Å². The molecule has 3 rings (SSSR count). The standard InChI is InChI=1S/C20H32N2O/c1-19(2)11-16-12-20(3,13-19)14-22(16)9-5-6-15-7-8-18(23-4)17(21)10-15/h7-8,10,16H,5-6,9,11-14,21H2,1-4H3. The predicted molar refractivity (Wildman–Crippen MR) is 96.8 cm³/mol. The Morgan fingerprint density at radius 1 is 1.26 bits per heavy atom. The molecule has 2 atom stereocenters. The lowest BCUT2D eigenvalue weighted by molar-refractivity contribution is 0.127. The maximum Gasteiger partial charge on any atom is 0.141 e. The topological polar surface area (TPSA) is 38.5 Å². The molecule has 0 spiro atoms. The number of nitrogens with zero attached hydrogens (tertiary/aromatic N) is 1. The van der Waals surface area contributed by atoms with Gasteiger partial charge in [0, 0.05) is 12.6 Å². The first-order valence-electron chi connectivity index (χ1n) is 8.97. The molecule has 1 aliphatic carbocycles. The van der Waals surface area contributed by atoms with Crippen molar-refractivity contribution in [1.82, 2.24) is 4.90 Å². The van der Waals surface area contributed by atoms with Gasteiger partial charge in [-0.05, 0) is 67.2 Å². The maximum atomic E-state index is 6.01. The van der Waals surface area contributed by atoms with Crippen molar-refractivity contribution in [3.8, 4) is 5.75 Å². The molecule has 1 aliphatic heterocycles. The molecule has 3 nitrogen and oxygen atoms in total. The summed E-state index contributed by atoms with van der Waals surface area (Å²) in [5.74, 6) is 0.775. The summed E-state index contributed by atoms with van der Waals surface area (Å²) in [6.45, 7) is 9.88. The minimum atomic E-state index is 0.511. The van der Waals surface area contributed by atoms with Gasteiger partial charge in [0.2, 0.25) is 0 Å². The number of nitrogen functional groups attached to an aromatic ring is 1. The van der Waals surface area contributed by atoms with Gasteiger partial charge in [-0.2, -0.15) is 0 Å². The Labute approximate surface area is 141 Å². The van der Waals surface area contributed by atoms with E-state index < -0.39 is 0 Å². The first kappa shape index (κ1) is 16.6. The zero-order chi connectivity index (χ0) is 16.7. The number of hydrogen-bond acceptors (Lipinski definition) is 3. The number of likely N-dealkylation sites (tertiary alicyclic amines) is 1. The molecule has 2 unspecified atom stereocenters. The van der Waals surface area contributed by atoms with Crippen LogP contribution in [-0.2, 0) is 6.42 Å². The van der Waals surface area contributed by atoms with Crippen LogP contribution in [0.15, 0.2) is 18.2 Å². The molecule has 3 heteroatoms. The van der Waals surface area contributed by atoms with Crippen LogP contribution in [0.2, 0.25) is 0 Å². The van der Waals surface area contributed by atoms with Crippen LogP contribution >= 0.6 is 0 Å². The van der Waals surface area contributed by atoms with Crippen molar-refractivity contribution in [2.45, 2.75) is 58.9 Å². The van der Waals surface area contributed by atoms with Crippen LogP contribution in [-0.4, -0.2) is 31.1 Å². The molecule has 1 aromatic rings. The van der Waals surface area contributed by atoms with E-state index in [2.05, 4.69) is 37.8 Å². The van der Waals surface area contributed by atoms with Crippen molar-refractivity contribution < 1.29 is 4.74 Å². The molecule has 2 fully saturated rings. The van der Waals surface area contributed by atoms with E-state index in [0.717, 1.165) is 23.9 Å². The Bertz CT molecular complexity index is 569. The third kappa shape index (κ3) is 3.65. The number of anilines is 1. The highest BCUT2D eigenvalue weighted by atomic mass is 16.5. The first-order chi connectivity index (χ1) is 10.8. The van der Waals surface area contributed by atoms with Gasteiger partial charge in [-0.15, -0.1) is 0 Å². The molecule has 1 heterocycles. The Morgan fingerprint density at radius 2 is 2.04 bits per heavy atom.